The van der Waals surface area contributed by atoms with Gasteiger partial charge in [-0.25, -0.2) is 15.0 Å². The number of aromatic nitrogens is 5. The van der Waals surface area contributed by atoms with E-state index < -0.39 is 0 Å². The molecular formula is C21H23N7O. The van der Waals surface area contributed by atoms with Crippen LogP contribution in [0, 0.1) is 0 Å². The van der Waals surface area contributed by atoms with Crippen molar-refractivity contribution in [3.63, 3.8) is 0 Å². The van der Waals surface area contributed by atoms with Gasteiger partial charge in [0, 0.05) is 54.4 Å². The van der Waals surface area contributed by atoms with Crippen LogP contribution in [-0.4, -0.2) is 38.6 Å². The van der Waals surface area contributed by atoms with Gasteiger partial charge in [0.1, 0.15) is 5.82 Å². The van der Waals surface area contributed by atoms with Crippen molar-refractivity contribution in [2.75, 3.05) is 24.3 Å². The van der Waals surface area contributed by atoms with Crippen molar-refractivity contribution >= 4 is 11.8 Å². The smallest absolute Gasteiger partial charge is 0.316 e. The fourth-order valence-corrected chi connectivity index (χ4v) is 2.61. The molecule has 29 heavy (non-hydrogen) atoms. The minimum absolute atomic E-state index is 0.307. The van der Waals surface area contributed by atoms with E-state index in [9.17, 15) is 0 Å². The maximum Gasteiger partial charge on any atom is 0.316 e. The molecule has 3 heterocycles. The van der Waals surface area contributed by atoms with Gasteiger partial charge in [-0.1, -0.05) is 18.7 Å². The SMILES string of the molecule is C=C(/C=C/C)Nc1ncc(-c2cnc(OC)nc2)c(NCCc2cccnc2)n1. The van der Waals surface area contributed by atoms with Crippen molar-refractivity contribution < 1.29 is 4.74 Å². The van der Waals surface area contributed by atoms with Crippen LogP contribution in [0.2, 0.25) is 0 Å². The Hall–Kier alpha value is -3.81. The topological polar surface area (TPSA) is 97.7 Å². The summed E-state index contributed by atoms with van der Waals surface area (Å²) in [6, 6.07) is 4.28. The van der Waals surface area contributed by atoms with E-state index in [1.54, 1.807) is 24.8 Å². The largest absolute Gasteiger partial charge is 0.467 e. The predicted molar refractivity (Wildman–Crippen MR) is 114 cm³/mol. The average molecular weight is 389 g/mol. The number of methoxy groups -OCH3 is 1. The van der Waals surface area contributed by atoms with Gasteiger partial charge < -0.3 is 15.4 Å². The van der Waals surface area contributed by atoms with Gasteiger partial charge in [0.05, 0.1) is 7.11 Å². The molecule has 2 N–H and O–H groups in total. The van der Waals surface area contributed by atoms with E-state index in [1.165, 1.54) is 7.11 Å². The van der Waals surface area contributed by atoms with E-state index in [1.807, 2.05) is 37.4 Å². The normalized spacial score (nSPS) is 10.7. The zero-order valence-corrected chi connectivity index (χ0v) is 16.5. The van der Waals surface area contributed by atoms with Gasteiger partial charge in [-0.15, -0.1) is 0 Å². The Balaban J connectivity index is 1.83. The Morgan fingerprint density at radius 1 is 1.17 bits per heavy atom. The summed E-state index contributed by atoms with van der Waals surface area (Å²) < 4.78 is 5.03. The molecule has 0 fully saturated rings. The Morgan fingerprint density at radius 3 is 2.69 bits per heavy atom. The maximum atomic E-state index is 5.03. The number of allylic oxidation sites excluding steroid dienone is 2. The van der Waals surface area contributed by atoms with Crippen LogP contribution in [0.15, 0.2) is 67.5 Å². The van der Waals surface area contributed by atoms with Crippen LogP contribution in [0.5, 0.6) is 6.01 Å². The summed E-state index contributed by atoms with van der Waals surface area (Å²) in [5, 5.41) is 6.46. The van der Waals surface area contributed by atoms with Gasteiger partial charge in [0.25, 0.3) is 0 Å². The first-order valence-electron chi connectivity index (χ1n) is 9.14. The van der Waals surface area contributed by atoms with Gasteiger partial charge in [0.2, 0.25) is 5.95 Å². The molecule has 3 aromatic rings. The number of hydrogen-bond donors (Lipinski definition) is 2. The van der Waals surface area contributed by atoms with Crippen LogP contribution in [0.3, 0.4) is 0 Å². The van der Waals surface area contributed by atoms with E-state index >= 15 is 0 Å². The molecule has 0 aliphatic carbocycles. The molecule has 0 atom stereocenters. The van der Waals surface area contributed by atoms with Gasteiger partial charge in [0.15, 0.2) is 0 Å². The lowest BCUT2D eigenvalue weighted by molar-refractivity contribution is 0.380. The summed E-state index contributed by atoms with van der Waals surface area (Å²) in [6.07, 6.45) is 13.3. The molecule has 0 aliphatic heterocycles. The fourth-order valence-electron chi connectivity index (χ4n) is 2.61. The first-order chi connectivity index (χ1) is 14.2. The molecule has 0 saturated heterocycles. The molecule has 0 aromatic carbocycles. The van der Waals surface area contributed by atoms with Crippen LogP contribution >= 0.6 is 0 Å². The van der Waals surface area contributed by atoms with Crippen LogP contribution in [-0.2, 0) is 6.42 Å². The number of pyridine rings is 1. The van der Waals surface area contributed by atoms with Crippen LogP contribution in [0.1, 0.15) is 12.5 Å². The predicted octanol–water partition coefficient (Wildman–Crippen LogP) is 3.49. The number of rotatable bonds is 9. The number of ether oxygens (including phenoxy) is 1. The molecule has 3 rings (SSSR count). The second-order valence-corrected chi connectivity index (χ2v) is 6.10. The Morgan fingerprint density at radius 2 is 2.00 bits per heavy atom. The second kappa shape index (κ2) is 9.93. The van der Waals surface area contributed by atoms with Crippen LogP contribution in [0.4, 0.5) is 11.8 Å². The lowest BCUT2D eigenvalue weighted by Gasteiger charge is -2.13. The highest BCUT2D eigenvalue weighted by molar-refractivity contribution is 5.74. The van der Waals surface area contributed by atoms with Crippen LogP contribution in [0.25, 0.3) is 11.1 Å². The summed E-state index contributed by atoms with van der Waals surface area (Å²) in [7, 11) is 1.53. The zero-order chi connectivity index (χ0) is 20.5. The lowest BCUT2D eigenvalue weighted by atomic mass is 10.1. The number of nitrogens with one attached hydrogen (secondary N) is 2. The van der Waals surface area contributed by atoms with Gasteiger partial charge >= 0.3 is 6.01 Å². The molecule has 0 spiro atoms. The summed E-state index contributed by atoms with van der Waals surface area (Å²) in [5.41, 5.74) is 3.42. The minimum atomic E-state index is 0.307. The molecular weight excluding hydrogens is 366 g/mol. The van der Waals surface area contributed by atoms with E-state index in [0.29, 0.717) is 30.0 Å². The van der Waals surface area contributed by atoms with E-state index in [2.05, 4.69) is 42.1 Å². The first kappa shape index (κ1) is 19.9. The molecule has 0 bridgehead atoms. The number of anilines is 2. The monoisotopic (exact) mass is 389 g/mol. The van der Waals surface area contributed by atoms with E-state index in [4.69, 9.17) is 4.74 Å². The number of hydrogen-bond acceptors (Lipinski definition) is 8. The molecule has 8 heteroatoms. The van der Waals surface area contributed by atoms with E-state index in [-0.39, 0.29) is 0 Å². The molecule has 3 aromatic heterocycles. The second-order valence-electron chi connectivity index (χ2n) is 6.10. The van der Waals surface area contributed by atoms with Crippen molar-refractivity contribution in [2.45, 2.75) is 13.3 Å². The fraction of sp³-hybridized carbons (Fsp3) is 0.190. The summed E-state index contributed by atoms with van der Waals surface area (Å²) in [4.78, 5) is 21.5. The quantitative estimate of drug-likeness (QED) is 0.537. The molecule has 0 radical (unpaired) electrons. The summed E-state index contributed by atoms with van der Waals surface area (Å²) in [5.74, 6) is 1.13. The standard InChI is InChI=1S/C21H23N7O/c1-4-6-15(2)27-20-24-14-18(17-12-25-21(29-3)26-13-17)19(28-20)23-10-8-16-7-5-9-22-11-16/h4-7,9,11-14H,2,8,10H2,1,3H3,(H2,23,24,27,28)/b6-4+. The molecule has 0 aliphatic rings. The van der Waals surface area contributed by atoms with Gasteiger partial charge in [-0.2, -0.15) is 4.98 Å². The van der Waals surface area contributed by atoms with Crippen molar-refractivity contribution in [1.82, 2.24) is 24.9 Å². The Kier molecular flexibility index (Phi) is 6.83. The highest BCUT2D eigenvalue weighted by Crippen LogP contribution is 2.26. The maximum absolute atomic E-state index is 5.03. The van der Waals surface area contributed by atoms with Crippen LogP contribution < -0.4 is 15.4 Å². The Bertz CT molecular complexity index is 972. The summed E-state index contributed by atoms with van der Waals surface area (Å²) in [6.45, 7) is 6.54. The molecule has 148 valence electrons. The third kappa shape index (κ3) is 5.58. The first-order valence-corrected chi connectivity index (χ1v) is 9.14. The minimum Gasteiger partial charge on any atom is -0.467 e. The van der Waals surface area contributed by atoms with Gasteiger partial charge in [-0.05, 0) is 31.1 Å². The van der Waals surface area contributed by atoms with Crippen molar-refractivity contribution in [2.24, 2.45) is 0 Å². The lowest BCUT2D eigenvalue weighted by Crippen LogP contribution is -2.10. The van der Waals surface area contributed by atoms with Crippen molar-refractivity contribution in [3.05, 3.63) is 73.1 Å². The zero-order valence-electron chi connectivity index (χ0n) is 16.5. The highest BCUT2D eigenvalue weighted by Gasteiger charge is 2.11. The number of nitrogens with zero attached hydrogens (tertiary/aromatic N) is 5. The molecule has 0 unspecified atom stereocenters. The average Bonchev–Trinajstić information content (AvgIpc) is 2.75. The third-order valence-corrected chi connectivity index (χ3v) is 3.98. The molecule has 8 nitrogen and oxygen atoms in total. The highest BCUT2D eigenvalue weighted by atomic mass is 16.5. The molecule has 0 saturated carbocycles. The third-order valence-electron chi connectivity index (χ3n) is 3.98. The Labute approximate surface area is 169 Å². The summed E-state index contributed by atoms with van der Waals surface area (Å²) >= 11 is 0. The van der Waals surface area contributed by atoms with Crippen molar-refractivity contribution in [1.29, 1.82) is 0 Å². The molecule has 0 amide bonds. The van der Waals surface area contributed by atoms with E-state index in [0.717, 1.165) is 23.1 Å². The van der Waals surface area contributed by atoms with Crippen molar-refractivity contribution in [3.8, 4) is 17.1 Å². The van der Waals surface area contributed by atoms with Gasteiger partial charge in [-0.3, -0.25) is 4.98 Å².